The molecular weight excluding hydrogens is 238 g/mol. The van der Waals surface area contributed by atoms with Crippen LogP contribution in [0.1, 0.15) is 39.2 Å². The Balaban J connectivity index is 2.44. The van der Waals surface area contributed by atoms with E-state index in [1.54, 1.807) is 0 Å². The largest absolute Gasteiger partial charge is 0.313 e. The lowest BCUT2D eigenvalue weighted by Gasteiger charge is -2.20. The minimum absolute atomic E-state index is 0.635. The highest BCUT2D eigenvalue weighted by molar-refractivity contribution is 7.99. The molecular formula is C16H27NS. The molecule has 102 valence electrons. The fraction of sp³-hybridized carbons (Fsp3) is 0.625. The number of nitrogens with one attached hydrogen (secondary N) is 1. The zero-order chi connectivity index (χ0) is 13.4. The van der Waals surface area contributed by atoms with Crippen molar-refractivity contribution >= 4 is 11.8 Å². The van der Waals surface area contributed by atoms with E-state index in [0.717, 1.165) is 12.5 Å². The molecule has 18 heavy (non-hydrogen) atoms. The normalized spacial score (nSPS) is 12.9. The van der Waals surface area contributed by atoms with Crippen LogP contribution < -0.4 is 5.32 Å². The van der Waals surface area contributed by atoms with Gasteiger partial charge in [-0.05, 0) is 44.4 Å². The molecule has 0 aromatic heterocycles. The van der Waals surface area contributed by atoms with Gasteiger partial charge in [0, 0.05) is 16.7 Å². The molecule has 0 amide bonds. The van der Waals surface area contributed by atoms with Gasteiger partial charge in [-0.2, -0.15) is 0 Å². The maximum atomic E-state index is 3.66. The first kappa shape index (κ1) is 15.6. The molecule has 0 radical (unpaired) electrons. The van der Waals surface area contributed by atoms with E-state index in [1.165, 1.54) is 29.1 Å². The van der Waals surface area contributed by atoms with Gasteiger partial charge >= 0.3 is 0 Å². The van der Waals surface area contributed by atoms with Crippen molar-refractivity contribution in [3.05, 3.63) is 29.8 Å². The van der Waals surface area contributed by atoms with Crippen LogP contribution in [0.2, 0.25) is 0 Å². The molecule has 0 saturated carbocycles. The van der Waals surface area contributed by atoms with Crippen LogP contribution >= 0.6 is 11.8 Å². The first-order chi connectivity index (χ1) is 8.61. The van der Waals surface area contributed by atoms with E-state index >= 15 is 0 Å². The third-order valence-corrected chi connectivity index (χ3v) is 4.04. The van der Waals surface area contributed by atoms with Gasteiger partial charge in [0.25, 0.3) is 0 Å². The number of hydrogen-bond acceptors (Lipinski definition) is 2. The molecule has 0 aliphatic rings. The van der Waals surface area contributed by atoms with E-state index < -0.39 is 0 Å². The molecule has 1 rings (SSSR count). The van der Waals surface area contributed by atoms with Crippen LogP contribution in [0.4, 0.5) is 0 Å². The van der Waals surface area contributed by atoms with Crippen molar-refractivity contribution in [2.75, 3.05) is 12.3 Å². The third-order valence-electron chi connectivity index (χ3n) is 2.88. The van der Waals surface area contributed by atoms with Crippen molar-refractivity contribution in [3.63, 3.8) is 0 Å². The van der Waals surface area contributed by atoms with Gasteiger partial charge in [-0.25, -0.2) is 0 Å². The SMILES string of the molecule is CCCNC(CSc1cccc(C)c1)CC(C)C. The summed E-state index contributed by atoms with van der Waals surface area (Å²) in [6, 6.07) is 9.43. The van der Waals surface area contributed by atoms with Crippen LogP contribution in [-0.2, 0) is 0 Å². The lowest BCUT2D eigenvalue weighted by Crippen LogP contribution is -2.33. The summed E-state index contributed by atoms with van der Waals surface area (Å²) in [4.78, 5) is 1.39. The fourth-order valence-electron chi connectivity index (χ4n) is 2.03. The monoisotopic (exact) mass is 265 g/mol. The molecule has 1 aromatic carbocycles. The van der Waals surface area contributed by atoms with E-state index in [4.69, 9.17) is 0 Å². The van der Waals surface area contributed by atoms with E-state index in [2.05, 4.69) is 57.3 Å². The highest BCUT2D eigenvalue weighted by Crippen LogP contribution is 2.21. The Morgan fingerprint density at radius 1 is 1.28 bits per heavy atom. The second-order valence-corrected chi connectivity index (χ2v) is 6.50. The molecule has 1 aromatic rings. The summed E-state index contributed by atoms with van der Waals surface area (Å²) in [5.41, 5.74) is 1.35. The van der Waals surface area contributed by atoms with Crippen LogP contribution in [-0.4, -0.2) is 18.3 Å². The van der Waals surface area contributed by atoms with Crippen LogP contribution in [0.5, 0.6) is 0 Å². The molecule has 0 fully saturated rings. The van der Waals surface area contributed by atoms with Gasteiger partial charge in [-0.1, -0.05) is 38.5 Å². The maximum absolute atomic E-state index is 3.66. The molecule has 0 spiro atoms. The Morgan fingerprint density at radius 3 is 2.67 bits per heavy atom. The summed E-state index contributed by atoms with van der Waals surface area (Å²) in [6.45, 7) is 10.1. The molecule has 1 nitrogen and oxygen atoms in total. The van der Waals surface area contributed by atoms with Crippen molar-refractivity contribution in [3.8, 4) is 0 Å². The first-order valence-corrected chi connectivity index (χ1v) is 8.03. The number of rotatable bonds is 8. The van der Waals surface area contributed by atoms with Crippen LogP contribution in [0, 0.1) is 12.8 Å². The van der Waals surface area contributed by atoms with Crippen molar-refractivity contribution < 1.29 is 0 Å². The van der Waals surface area contributed by atoms with Crippen molar-refractivity contribution in [2.45, 2.75) is 51.5 Å². The highest BCUT2D eigenvalue weighted by Gasteiger charge is 2.10. The zero-order valence-electron chi connectivity index (χ0n) is 12.2. The molecule has 0 heterocycles. The van der Waals surface area contributed by atoms with Gasteiger partial charge in [-0.15, -0.1) is 11.8 Å². The van der Waals surface area contributed by atoms with Crippen LogP contribution in [0.3, 0.4) is 0 Å². The summed E-state index contributed by atoms with van der Waals surface area (Å²) >= 11 is 1.97. The quantitative estimate of drug-likeness (QED) is 0.694. The minimum Gasteiger partial charge on any atom is -0.313 e. The number of thioether (sulfide) groups is 1. The second kappa shape index (κ2) is 8.60. The molecule has 0 saturated heterocycles. The standard InChI is InChI=1S/C16H27NS/c1-5-9-17-15(10-13(2)3)12-18-16-8-6-7-14(4)11-16/h6-8,11,13,15,17H,5,9-10,12H2,1-4H3. The smallest absolute Gasteiger partial charge is 0.0164 e. The first-order valence-electron chi connectivity index (χ1n) is 7.04. The molecule has 1 atom stereocenters. The average Bonchev–Trinajstić information content (AvgIpc) is 2.32. The number of benzene rings is 1. The molecule has 0 aliphatic carbocycles. The second-order valence-electron chi connectivity index (χ2n) is 5.41. The Labute approximate surface area is 117 Å². The lowest BCUT2D eigenvalue weighted by molar-refractivity contribution is 0.448. The predicted octanol–water partition coefficient (Wildman–Crippen LogP) is 4.50. The summed E-state index contributed by atoms with van der Waals surface area (Å²) in [6.07, 6.45) is 2.47. The zero-order valence-corrected chi connectivity index (χ0v) is 13.0. The van der Waals surface area contributed by atoms with Gasteiger partial charge < -0.3 is 5.32 Å². The van der Waals surface area contributed by atoms with Gasteiger partial charge in [0.1, 0.15) is 0 Å². The summed E-state index contributed by atoms with van der Waals surface area (Å²) in [5.74, 6) is 1.93. The lowest BCUT2D eigenvalue weighted by atomic mass is 10.1. The molecule has 1 N–H and O–H groups in total. The molecule has 0 aliphatic heterocycles. The molecule has 0 bridgehead atoms. The topological polar surface area (TPSA) is 12.0 Å². The van der Waals surface area contributed by atoms with Crippen molar-refractivity contribution in [2.24, 2.45) is 5.92 Å². The van der Waals surface area contributed by atoms with E-state index in [0.29, 0.717) is 6.04 Å². The van der Waals surface area contributed by atoms with E-state index in [1.807, 2.05) is 11.8 Å². The number of aryl methyl sites for hydroxylation is 1. The fourth-order valence-corrected chi connectivity index (χ4v) is 3.12. The van der Waals surface area contributed by atoms with E-state index in [9.17, 15) is 0 Å². The van der Waals surface area contributed by atoms with Crippen molar-refractivity contribution in [1.82, 2.24) is 5.32 Å². The minimum atomic E-state index is 0.635. The van der Waals surface area contributed by atoms with Crippen molar-refractivity contribution in [1.29, 1.82) is 0 Å². The predicted molar refractivity (Wildman–Crippen MR) is 83.4 cm³/mol. The maximum Gasteiger partial charge on any atom is 0.0164 e. The summed E-state index contributed by atoms with van der Waals surface area (Å²) in [7, 11) is 0. The number of hydrogen-bond donors (Lipinski definition) is 1. The summed E-state index contributed by atoms with van der Waals surface area (Å²) < 4.78 is 0. The third kappa shape index (κ3) is 6.46. The average molecular weight is 265 g/mol. The molecule has 2 heteroatoms. The molecule has 1 unspecified atom stereocenters. The Hall–Kier alpha value is -0.470. The van der Waals surface area contributed by atoms with Gasteiger partial charge in [0.05, 0.1) is 0 Å². The van der Waals surface area contributed by atoms with Gasteiger partial charge in [-0.3, -0.25) is 0 Å². The Morgan fingerprint density at radius 2 is 2.06 bits per heavy atom. The Bertz CT molecular complexity index is 336. The van der Waals surface area contributed by atoms with Crippen LogP contribution in [0.15, 0.2) is 29.2 Å². The van der Waals surface area contributed by atoms with E-state index in [-0.39, 0.29) is 0 Å². The Kier molecular flexibility index (Phi) is 7.45. The highest BCUT2D eigenvalue weighted by atomic mass is 32.2. The van der Waals surface area contributed by atoms with Crippen LogP contribution in [0.25, 0.3) is 0 Å². The van der Waals surface area contributed by atoms with Gasteiger partial charge in [0.15, 0.2) is 0 Å². The summed E-state index contributed by atoms with van der Waals surface area (Å²) in [5, 5.41) is 3.66. The van der Waals surface area contributed by atoms with Gasteiger partial charge in [0.2, 0.25) is 0 Å².